The summed E-state index contributed by atoms with van der Waals surface area (Å²) in [5.41, 5.74) is 10.3. The summed E-state index contributed by atoms with van der Waals surface area (Å²) in [6.07, 6.45) is 8.81. The van der Waals surface area contributed by atoms with Crippen LogP contribution in [0.4, 0.5) is 5.69 Å². The third-order valence-electron chi connectivity index (χ3n) is 3.00. The molecule has 0 spiro atoms. The summed E-state index contributed by atoms with van der Waals surface area (Å²) in [6, 6.07) is 7.95. The first-order valence-electron chi connectivity index (χ1n) is 5.99. The third-order valence-corrected chi connectivity index (χ3v) is 3.00. The molecule has 1 aliphatic rings. The maximum atomic E-state index is 5.67. The van der Waals surface area contributed by atoms with Gasteiger partial charge in [-0.3, -0.25) is 4.90 Å². The molecule has 1 aromatic carbocycles. The summed E-state index contributed by atoms with van der Waals surface area (Å²) in [4.78, 5) is 1.39. The monoisotopic (exact) mass is 227 g/mol. The number of quaternary nitrogens is 1. The summed E-state index contributed by atoms with van der Waals surface area (Å²) < 4.78 is 0. The van der Waals surface area contributed by atoms with Gasteiger partial charge in [0.2, 0.25) is 0 Å². The van der Waals surface area contributed by atoms with Crippen molar-refractivity contribution in [1.82, 2.24) is 0 Å². The molecule has 0 radical (unpaired) electrons. The van der Waals surface area contributed by atoms with Crippen molar-refractivity contribution in [2.45, 2.75) is 13.8 Å². The molecule has 0 aromatic heterocycles. The van der Waals surface area contributed by atoms with E-state index in [2.05, 4.69) is 38.4 Å². The van der Waals surface area contributed by atoms with Crippen LogP contribution in [-0.2, 0) is 0 Å². The lowest BCUT2D eigenvalue weighted by atomic mass is 10.1. The first-order chi connectivity index (χ1) is 8.19. The van der Waals surface area contributed by atoms with Crippen LogP contribution in [0.15, 0.2) is 53.9 Å². The van der Waals surface area contributed by atoms with E-state index in [1.165, 1.54) is 21.6 Å². The summed E-state index contributed by atoms with van der Waals surface area (Å²) in [5.74, 6) is 0. The van der Waals surface area contributed by atoms with Crippen LogP contribution < -0.4 is 10.6 Å². The van der Waals surface area contributed by atoms with Crippen molar-refractivity contribution in [3.8, 4) is 0 Å². The second kappa shape index (κ2) is 5.02. The van der Waals surface area contributed by atoms with Gasteiger partial charge >= 0.3 is 0 Å². The molecule has 0 saturated heterocycles. The second-order valence-electron chi connectivity index (χ2n) is 4.36. The van der Waals surface area contributed by atoms with E-state index in [-0.39, 0.29) is 0 Å². The van der Waals surface area contributed by atoms with E-state index < -0.39 is 0 Å². The van der Waals surface area contributed by atoms with Gasteiger partial charge in [0, 0.05) is 17.3 Å². The molecule has 1 aliphatic heterocycles. The van der Waals surface area contributed by atoms with Crippen LogP contribution in [0.5, 0.6) is 0 Å². The zero-order valence-corrected chi connectivity index (χ0v) is 10.4. The van der Waals surface area contributed by atoms with Gasteiger partial charge in [-0.05, 0) is 37.1 Å². The standard InChI is InChI=1S/C15H18N2/c1-3-17-9-8-14(11-17)12(2)10-13-4-6-15(16)7-5-13/h4-11H,3,16H2,1-2H3/p+1/b12-10+. The molecule has 0 saturated carbocycles. The van der Waals surface area contributed by atoms with Gasteiger partial charge in [-0.1, -0.05) is 18.2 Å². The summed E-state index contributed by atoms with van der Waals surface area (Å²) in [5, 5.41) is 0. The zero-order valence-electron chi connectivity index (χ0n) is 10.4. The van der Waals surface area contributed by atoms with Crippen molar-refractivity contribution in [3.05, 3.63) is 59.5 Å². The quantitative estimate of drug-likeness (QED) is 0.760. The lowest BCUT2D eigenvalue weighted by molar-refractivity contribution is -0.785. The molecular formula is C15H19N2+. The van der Waals surface area contributed by atoms with E-state index in [4.69, 9.17) is 5.73 Å². The van der Waals surface area contributed by atoms with Crippen LogP contribution in [0.2, 0.25) is 0 Å². The van der Waals surface area contributed by atoms with Crippen LogP contribution in [0.25, 0.3) is 6.08 Å². The van der Waals surface area contributed by atoms with E-state index >= 15 is 0 Å². The Morgan fingerprint density at radius 2 is 2.00 bits per heavy atom. The smallest absolute Gasteiger partial charge is 0.107 e. The minimum Gasteiger partial charge on any atom is -0.399 e. The lowest BCUT2D eigenvalue weighted by Crippen LogP contribution is -3.01. The van der Waals surface area contributed by atoms with Crippen LogP contribution in [-0.4, -0.2) is 6.54 Å². The molecule has 2 nitrogen and oxygen atoms in total. The molecule has 1 atom stereocenters. The fourth-order valence-corrected chi connectivity index (χ4v) is 1.88. The molecule has 1 heterocycles. The number of rotatable bonds is 3. The molecule has 0 amide bonds. The van der Waals surface area contributed by atoms with Crippen molar-refractivity contribution >= 4 is 11.8 Å². The second-order valence-corrected chi connectivity index (χ2v) is 4.36. The normalized spacial score (nSPS) is 19.5. The molecule has 1 unspecified atom stereocenters. The van der Waals surface area contributed by atoms with Gasteiger partial charge in [0.1, 0.15) is 6.20 Å². The first-order valence-corrected chi connectivity index (χ1v) is 5.99. The highest BCUT2D eigenvalue weighted by Crippen LogP contribution is 2.16. The van der Waals surface area contributed by atoms with Gasteiger partial charge in [-0.15, -0.1) is 0 Å². The fraction of sp³-hybridized carbons (Fsp3) is 0.200. The maximum Gasteiger partial charge on any atom is 0.107 e. The summed E-state index contributed by atoms with van der Waals surface area (Å²) in [7, 11) is 0. The number of nitrogens with two attached hydrogens (primary N) is 1. The highest BCUT2D eigenvalue weighted by atomic mass is 15.1. The Kier molecular flexibility index (Phi) is 3.45. The molecule has 3 N–H and O–H groups in total. The van der Waals surface area contributed by atoms with E-state index in [9.17, 15) is 0 Å². The van der Waals surface area contributed by atoms with Crippen molar-refractivity contribution in [1.29, 1.82) is 0 Å². The average Bonchev–Trinajstić information content (AvgIpc) is 2.81. The number of nitrogen functional groups attached to an aromatic ring is 1. The lowest BCUT2D eigenvalue weighted by Gasteiger charge is -2.02. The van der Waals surface area contributed by atoms with E-state index in [0.29, 0.717) is 0 Å². The van der Waals surface area contributed by atoms with Crippen molar-refractivity contribution < 1.29 is 4.90 Å². The largest absolute Gasteiger partial charge is 0.399 e. The van der Waals surface area contributed by atoms with Crippen LogP contribution in [0, 0.1) is 0 Å². The van der Waals surface area contributed by atoms with Crippen molar-refractivity contribution in [2.24, 2.45) is 0 Å². The van der Waals surface area contributed by atoms with Gasteiger partial charge in [0.25, 0.3) is 0 Å². The predicted molar refractivity (Wildman–Crippen MR) is 73.2 cm³/mol. The minimum absolute atomic E-state index is 0.807. The Morgan fingerprint density at radius 3 is 2.59 bits per heavy atom. The van der Waals surface area contributed by atoms with Crippen LogP contribution >= 0.6 is 0 Å². The van der Waals surface area contributed by atoms with Gasteiger partial charge in [-0.25, -0.2) is 0 Å². The molecule has 2 heteroatoms. The number of anilines is 1. The third kappa shape index (κ3) is 2.86. The number of hydrogen-bond acceptors (Lipinski definition) is 1. The summed E-state index contributed by atoms with van der Waals surface area (Å²) >= 11 is 0. The SMILES string of the molecule is CC[NH+]1C=CC(/C(C)=C/c2ccc(N)cc2)=C1. The van der Waals surface area contributed by atoms with Crippen molar-refractivity contribution in [2.75, 3.05) is 12.3 Å². The van der Waals surface area contributed by atoms with Gasteiger partial charge in [0.15, 0.2) is 0 Å². The average molecular weight is 227 g/mol. The minimum atomic E-state index is 0.807. The Balaban J connectivity index is 2.18. The highest BCUT2D eigenvalue weighted by Gasteiger charge is 2.10. The Hall–Kier alpha value is -1.80. The Morgan fingerprint density at radius 1 is 1.29 bits per heavy atom. The van der Waals surface area contributed by atoms with E-state index in [1.54, 1.807) is 0 Å². The molecular weight excluding hydrogens is 208 g/mol. The molecule has 0 bridgehead atoms. The van der Waals surface area contributed by atoms with E-state index in [0.717, 1.165) is 12.2 Å². The molecule has 1 aromatic rings. The summed E-state index contributed by atoms with van der Waals surface area (Å²) in [6.45, 7) is 5.42. The molecule has 88 valence electrons. The first kappa shape index (κ1) is 11.7. The number of nitrogens with one attached hydrogen (secondary N) is 1. The number of hydrogen-bond donors (Lipinski definition) is 2. The fourth-order valence-electron chi connectivity index (χ4n) is 1.88. The Labute approximate surface area is 103 Å². The van der Waals surface area contributed by atoms with Crippen molar-refractivity contribution in [3.63, 3.8) is 0 Å². The molecule has 0 aliphatic carbocycles. The van der Waals surface area contributed by atoms with E-state index in [1.807, 2.05) is 24.3 Å². The molecule has 2 rings (SSSR count). The topological polar surface area (TPSA) is 30.5 Å². The van der Waals surface area contributed by atoms with Gasteiger partial charge in [-0.2, -0.15) is 0 Å². The highest BCUT2D eigenvalue weighted by molar-refractivity contribution is 5.61. The predicted octanol–water partition coefficient (Wildman–Crippen LogP) is 1.99. The van der Waals surface area contributed by atoms with Gasteiger partial charge < -0.3 is 5.73 Å². The van der Waals surface area contributed by atoms with Gasteiger partial charge in [0.05, 0.1) is 12.7 Å². The maximum absolute atomic E-state index is 5.67. The van der Waals surface area contributed by atoms with Crippen LogP contribution in [0.3, 0.4) is 0 Å². The molecule has 0 fully saturated rings. The number of benzene rings is 1. The molecule has 17 heavy (non-hydrogen) atoms. The number of allylic oxidation sites excluding steroid dienone is 3. The Bertz CT molecular complexity index is 478. The van der Waals surface area contributed by atoms with Crippen LogP contribution in [0.1, 0.15) is 19.4 Å². The zero-order chi connectivity index (χ0) is 12.3.